The number of nitrogens with zero attached hydrogens (tertiary/aromatic N) is 1. The Hall–Kier alpha value is -2.64. The van der Waals surface area contributed by atoms with Crippen LogP contribution in [-0.4, -0.2) is 20.2 Å². The first-order valence-corrected chi connectivity index (χ1v) is 10.0. The van der Waals surface area contributed by atoms with Crippen LogP contribution in [-0.2, 0) is 27.3 Å². The van der Waals surface area contributed by atoms with Crippen molar-refractivity contribution in [3.05, 3.63) is 77.6 Å². The van der Waals surface area contributed by atoms with E-state index >= 15 is 0 Å². The molecule has 0 unspecified atom stereocenters. The second-order valence-electron chi connectivity index (χ2n) is 6.10. The van der Waals surface area contributed by atoms with E-state index in [4.69, 9.17) is 13.4 Å². The summed E-state index contributed by atoms with van der Waals surface area (Å²) in [6.07, 6.45) is 0.990. The molecule has 0 spiro atoms. The van der Waals surface area contributed by atoms with E-state index in [1.54, 1.807) is 18.2 Å². The van der Waals surface area contributed by atoms with Crippen LogP contribution in [0.5, 0.6) is 5.88 Å². The summed E-state index contributed by atoms with van der Waals surface area (Å²) in [5, 5.41) is 3.86. The first-order valence-electron chi connectivity index (χ1n) is 8.61. The Kier molecular flexibility index (Phi) is 6.26. The topological polar surface area (TPSA) is 78.6 Å². The molecule has 1 aromatic heterocycles. The minimum absolute atomic E-state index is 0.0666. The Balaban J connectivity index is 1.43. The average molecular weight is 387 g/mol. The predicted molar refractivity (Wildman–Crippen MR) is 99.9 cm³/mol. The lowest BCUT2D eigenvalue weighted by Gasteiger charge is -2.05. The molecule has 7 heteroatoms. The molecule has 0 atom stereocenters. The quantitative estimate of drug-likeness (QED) is 0.409. The van der Waals surface area contributed by atoms with E-state index in [-0.39, 0.29) is 11.5 Å². The molecule has 0 fully saturated rings. The highest BCUT2D eigenvalue weighted by Gasteiger charge is 2.15. The molecule has 3 aromatic rings. The van der Waals surface area contributed by atoms with Gasteiger partial charge in [-0.05, 0) is 36.2 Å². The molecule has 0 saturated heterocycles. The first kappa shape index (κ1) is 19.1. The van der Waals surface area contributed by atoms with Crippen molar-refractivity contribution >= 4 is 10.1 Å². The van der Waals surface area contributed by atoms with Crippen LogP contribution in [0.25, 0.3) is 0 Å². The molecular weight excluding hydrogens is 366 g/mol. The summed E-state index contributed by atoms with van der Waals surface area (Å²) in [7, 11) is -3.74. The molecule has 1 heterocycles. The van der Waals surface area contributed by atoms with Crippen molar-refractivity contribution < 1.29 is 21.9 Å². The number of hydrogen-bond donors (Lipinski definition) is 0. The van der Waals surface area contributed by atoms with E-state index in [0.29, 0.717) is 31.1 Å². The van der Waals surface area contributed by atoms with Crippen LogP contribution in [0.15, 0.2) is 70.1 Å². The number of benzene rings is 2. The van der Waals surface area contributed by atoms with E-state index in [0.717, 1.165) is 11.1 Å². The summed E-state index contributed by atoms with van der Waals surface area (Å²) in [6, 6.07) is 18.0. The van der Waals surface area contributed by atoms with Crippen molar-refractivity contribution in [1.82, 2.24) is 5.16 Å². The lowest BCUT2D eigenvalue weighted by molar-refractivity contribution is 0.263. The van der Waals surface area contributed by atoms with Crippen molar-refractivity contribution in [1.29, 1.82) is 0 Å². The highest BCUT2D eigenvalue weighted by molar-refractivity contribution is 7.86. The number of aryl methyl sites for hydroxylation is 2. The zero-order valence-electron chi connectivity index (χ0n) is 15.0. The lowest BCUT2D eigenvalue weighted by atomic mass is 10.2. The monoisotopic (exact) mass is 387 g/mol. The van der Waals surface area contributed by atoms with Gasteiger partial charge in [-0.15, -0.1) is 0 Å². The second-order valence-corrected chi connectivity index (χ2v) is 7.71. The lowest BCUT2D eigenvalue weighted by Crippen LogP contribution is -2.08. The molecule has 0 saturated carbocycles. The van der Waals surface area contributed by atoms with Gasteiger partial charge in [0.05, 0.1) is 11.5 Å². The standard InChI is InChI=1S/C20H21NO5S/c1-16-9-11-19(12-10-16)27(22,23)25-13-5-8-18-14-20(21-26-18)24-15-17-6-3-2-4-7-17/h2-4,6-7,9-12,14H,5,8,13,15H2,1H3. The molecule has 3 rings (SSSR count). The largest absolute Gasteiger partial charge is 0.471 e. The van der Waals surface area contributed by atoms with E-state index in [2.05, 4.69) is 5.16 Å². The highest BCUT2D eigenvalue weighted by atomic mass is 32.2. The van der Waals surface area contributed by atoms with Crippen LogP contribution in [0.3, 0.4) is 0 Å². The van der Waals surface area contributed by atoms with Crippen LogP contribution in [0.2, 0.25) is 0 Å². The highest BCUT2D eigenvalue weighted by Crippen LogP contribution is 2.16. The van der Waals surface area contributed by atoms with E-state index in [1.165, 1.54) is 12.1 Å². The molecule has 142 valence electrons. The fourth-order valence-electron chi connectivity index (χ4n) is 2.40. The molecule has 0 N–H and O–H groups in total. The third-order valence-corrected chi connectivity index (χ3v) is 5.21. The fourth-order valence-corrected chi connectivity index (χ4v) is 3.34. The Bertz CT molecular complexity index is 950. The number of hydrogen-bond acceptors (Lipinski definition) is 6. The average Bonchev–Trinajstić information content (AvgIpc) is 3.13. The zero-order chi connectivity index (χ0) is 19.1. The van der Waals surface area contributed by atoms with Gasteiger partial charge in [-0.3, -0.25) is 4.18 Å². The molecule has 0 aliphatic heterocycles. The normalized spacial score (nSPS) is 11.4. The first-order chi connectivity index (χ1) is 13.0. The van der Waals surface area contributed by atoms with Crippen molar-refractivity contribution in [3.63, 3.8) is 0 Å². The van der Waals surface area contributed by atoms with Gasteiger partial charge in [0.2, 0.25) is 0 Å². The minimum atomic E-state index is -3.74. The molecule has 2 aromatic carbocycles. The van der Waals surface area contributed by atoms with Gasteiger partial charge in [-0.1, -0.05) is 48.0 Å². The van der Waals surface area contributed by atoms with Crippen LogP contribution in [0.4, 0.5) is 0 Å². The molecule has 0 aliphatic rings. The van der Waals surface area contributed by atoms with E-state index in [9.17, 15) is 8.42 Å². The summed E-state index contributed by atoms with van der Waals surface area (Å²) >= 11 is 0. The summed E-state index contributed by atoms with van der Waals surface area (Å²) in [5.41, 5.74) is 2.03. The van der Waals surface area contributed by atoms with Gasteiger partial charge in [0.15, 0.2) is 0 Å². The molecule has 0 radical (unpaired) electrons. The Morgan fingerprint density at radius 1 is 1.04 bits per heavy atom. The van der Waals surface area contributed by atoms with Crippen LogP contribution < -0.4 is 4.74 Å². The molecule has 27 heavy (non-hydrogen) atoms. The maximum atomic E-state index is 12.1. The fraction of sp³-hybridized carbons (Fsp3) is 0.250. The molecule has 6 nitrogen and oxygen atoms in total. The van der Waals surface area contributed by atoms with Gasteiger partial charge in [-0.25, -0.2) is 0 Å². The number of ether oxygens (including phenoxy) is 1. The Labute approximate surface area is 158 Å². The minimum Gasteiger partial charge on any atom is -0.471 e. The molecule has 0 aliphatic carbocycles. The molecular formula is C20H21NO5S. The van der Waals surface area contributed by atoms with E-state index in [1.807, 2.05) is 37.3 Å². The van der Waals surface area contributed by atoms with Crippen molar-refractivity contribution in [2.45, 2.75) is 31.3 Å². The Morgan fingerprint density at radius 2 is 1.78 bits per heavy atom. The maximum Gasteiger partial charge on any atom is 0.296 e. The van der Waals surface area contributed by atoms with Crippen molar-refractivity contribution in [2.75, 3.05) is 6.61 Å². The second kappa shape index (κ2) is 8.83. The Morgan fingerprint density at radius 3 is 2.52 bits per heavy atom. The summed E-state index contributed by atoms with van der Waals surface area (Å²) in [4.78, 5) is 0.157. The number of aromatic nitrogens is 1. The summed E-state index contributed by atoms with van der Waals surface area (Å²) in [6.45, 7) is 2.37. The van der Waals surface area contributed by atoms with Crippen LogP contribution >= 0.6 is 0 Å². The predicted octanol–water partition coefficient (Wildman–Crippen LogP) is 3.90. The van der Waals surface area contributed by atoms with Gasteiger partial charge in [0.1, 0.15) is 12.4 Å². The zero-order valence-corrected chi connectivity index (χ0v) is 15.8. The molecule has 0 amide bonds. The van der Waals surface area contributed by atoms with Gasteiger partial charge in [0.25, 0.3) is 16.0 Å². The maximum absolute atomic E-state index is 12.1. The van der Waals surface area contributed by atoms with Crippen molar-refractivity contribution in [2.24, 2.45) is 0 Å². The number of rotatable bonds is 9. The van der Waals surface area contributed by atoms with E-state index < -0.39 is 10.1 Å². The third-order valence-electron chi connectivity index (χ3n) is 3.88. The van der Waals surface area contributed by atoms with Gasteiger partial charge >= 0.3 is 0 Å². The van der Waals surface area contributed by atoms with Gasteiger partial charge < -0.3 is 9.26 Å². The van der Waals surface area contributed by atoms with Crippen LogP contribution in [0.1, 0.15) is 23.3 Å². The summed E-state index contributed by atoms with van der Waals surface area (Å²) in [5.74, 6) is 1.02. The van der Waals surface area contributed by atoms with Gasteiger partial charge in [-0.2, -0.15) is 8.42 Å². The smallest absolute Gasteiger partial charge is 0.296 e. The summed E-state index contributed by atoms with van der Waals surface area (Å²) < 4.78 is 40.0. The van der Waals surface area contributed by atoms with Crippen molar-refractivity contribution in [3.8, 4) is 5.88 Å². The SMILES string of the molecule is Cc1ccc(S(=O)(=O)OCCCc2cc(OCc3ccccc3)no2)cc1. The van der Waals surface area contributed by atoms with Crippen LogP contribution in [0, 0.1) is 6.92 Å². The molecule has 0 bridgehead atoms. The van der Waals surface area contributed by atoms with Gasteiger partial charge in [0, 0.05) is 12.5 Å². The third kappa shape index (κ3) is 5.67.